The van der Waals surface area contributed by atoms with E-state index in [1.807, 2.05) is 30.3 Å². The summed E-state index contributed by atoms with van der Waals surface area (Å²) in [5.41, 5.74) is 3.15. The molecule has 27 heavy (non-hydrogen) atoms. The maximum absolute atomic E-state index is 13.0. The molecule has 0 radical (unpaired) electrons. The topological polar surface area (TPSA) is 23.6 Å². The van der Waals surface area contributed by atoms with Crippen molar-refractivity contribution in [3.63, 3.8) is 0 Å². The van der Waals surface area contributed by atoms with Gasteiger partial charge in [0.2, 0.25) is 0 Å². The van der Waals surface area contributed by atoms with Crippen LogP contribution in [0, 0.1) is 0 Å². The molecule has 3 nitrogen and oxygen atoms in total. The lowest BCUT2D eigenvalue weighted by Crippen LogP contribution is -2.41. The number of thioether (sulfide) groups is 1. The molecule has 0 atom stereocenters. The number of rotatable bonds is 3. The molecule has 2 aromatic carbocycles. The molecular formula is C23H28N2OS. The maximum atomic E-state index is 13.0. The zero-order valence-corrected chi connectivity index (χ0v) is 16.7. The molecule has 4 rings (SSSR count). The highest BCUT2D eigenvalue weighted by molar-refractivity contribution is 7.99. The van der Waals surface area contributed by atoms with E-state index in [0.717, 1.165) is 49.8 Å². The van der Waals surface area contributed by atoms with E-state index < -0.39 is 0 Å². The van der Waals surface area contributed by atoms with Gasteiger partial charge in [-0.2, -0.15) is 11.8 Å². The van der Waals surface area contributed by atoms with Crippen molar-refractivity contribution in [1.82, 2.24) is 9.80 Å². The lowest BCUT2D eigenvalue weighted by molar-refractivity contribution is 0.0757. The zero-order chi connectivity index (χ0) is 18.5. The Morgan fingerprint density at radius 1 is 0.815 bits per heavy atom. The second kappa shape index (κ2) is 8.94. The van der Waals surface area contributed by atoms with Crippen LogP contribution in [-0.2, 0) is 0 Å². The van der Waals surface area contributed by atoms with Crippen molar-refractivity contribution in [1.29, 1.82) is 0 Å². The summed E-state index contributed by atoms with van der Waals surface area (Å²) in [6.07, 6.45) is 3.69. The minimum Gasteiger partial charge on any atom is -0.337 e. The van der Waals surface area contributed by atoms with Gasteiger partial charge in [0.15, 0.2) is 0 Å². The molecule has 2 aliphatic rings. The third-order valence-corrected chi connectivity index (χ3v) is 6.81. The fourth-order valence-corrected chi connectivity index (χ4v) is 5.26. The number of benzene rings is 2. The van der Waals surface area contributed by atoms with Gasteiger partial charge in [0, 0.05) is 37.8 Å². The molecule has 0 aliphatic carbocycles. The molecule has 0 saturated carbocycles. The van der Waals surface area contributed by atoms with Crippen molar-refractivity contribution in [2.75, 3.05) is 37.7 Å². The molecule has 0 bridgehead atoms. The van der Waals surface area contributed by atoms with Crippen molar-refractivity contribution in [3.8, 4) is 11.1 Å². The van der Waals surface area contributed by atoms with Crippen molar-refractivity contribution in [2.24, 2.45) is 0 Å². The normalized spacial score (nSPS) is 19.6. The van der Waals surface area contributed by atoms with Crippen molar-refractivity contribution < 1.29 is 4.79 Å². The van der Waals surface area contributed by atoms with Crippen LogP contribution < -0.4 is 0 Å². The molecule has 0 N–H and O–H groups in total. The van der Waals surface area contributed by atoms with Gasteiger partial charge in [0.1, 0.15) is 0 Å². The van der Waals surface area contributed by atoms with E-state index in [-0.39, 0.29) is 5.91 Å². The largest absolute Gasteiger partial charge is 0.337 e. The average molecular weight is 381 g/mol. The van der Waals surface area contributed by atoms with Crippen LogP contribution in [0.1, 0.15) is 29.6 Å². The van der Waals surface area contributed by atoms with Crippen molar-refractivity contribution >= 4 is 17.7 Å². The fourth-order valence-electron chi connectivity index (χ4n) is 4.17. The van der Waals surface area contributed by atoms with E-state index in [1.165, 1.54) is 29.9 Å². The van der Waals surface area contributed by atoms with Crippen LogP contribution in [0.2, 0.25) is 0 Å². The first-order chi connectivity index (χ1) is 13.3. The molecule has 4 heteroatoms. The Labute approximate surface area is 166 Å². The highest BCUT2D eigenvalue weighted by Gasteiger charge is 2.25. The number of nitrogens with zero attached hydrogens (tertiary/aromatic N) is 2. The van der Waals surface area contributed by atoms with Crippen LogP contribution in [0.5, 0.6) is 0 Å². The van der Waals surface area contributed by atoms with Gasteiger partial charge in [0.05, 0.1) is 0 Å². The van der Waals surface area contributed by atoms with Crippen molar-refractivity contribution in [2.45, 2.75) is 25.3 Å². The number of carbonyl (C=O) groups is 1. The summed E-state index contributed by atoms with van der Waals surface area (Å²) in [4.78, 5) is 17.7. The lowest BCUT2D eigenvalue weighted by Gasteiger charge is -2.33. The van der Waals surface area contributed by atoms with Crippen LogP contribution in [0.25, 0.3) is 11.1 Å². The first-order valence-corrected chi connectivity index (χ1v) is 11.2. The second-order valence-corrected chi connectivity index (χ2v) is 8.69. The molecule has 0 spiro atoms. The minimum absolute atomic E-state index is 0.177. The van der Waals surface area contributed by atoms with E-state index in [1.54, 1.807) is 0 Å². The summed E-state index contributed by atoms with van der Waals surface area (Å²) < 4.78 is 0. The fraction of sp³-hybridized carbons (Fsp3) is 0.435. The first kappa shape index (κ1) is 18.6. The Bertz CT molecular complexity index is 741. The molecule has 2 aromatic rings. The Balaban J connectivity index is 1.39. The summed E-state index contributed by atoms with van der Waals surface area (Å²) in [6.45, 7) is 3.87. The molecule has 2 heterocycles. The Hall–Kier alpha value is -1.78. The smallest absolute Gasteiger partial charge is 0.253 e. The van der Waals surface area contributed by atoms with Crippen LogP contribution in [0.15, 0.2) is 54.6 Å². The molecule has 2 aliphatic heterocycles. The van der Waals surface area contributed by atoms with Gasteiger partial charge < -0.3 is 4.90 Å². The van der Waals surface area contributed by atoms with Gasteiger partial charge in [0.25, 0.3) is 5.91 Å². The average Bonchev–Trinajstić information content (AvgIpc) is 3.01. The van der Waals surface area contributed by atoms with Crippen molar-refractivity contribution in [3.05, 3.63) is 60.2 Å². The highest BCUT2D eigenvalue weighted by atomic mass is 32.2. The third kappa shape index (κ3) is 4.56. The summed E-state index contributed by atoms with van der Waals surface area (Å²) in [5, 5.41) is 0. The van der Waals surface area contributed by atoms with Crippen LogP contribution in [0.4, 0.5) is 0 Å². The quantitative estimate of drug-likeness (QED) is 0.789. The molecule has 2 fully saturated rings. The third-order valence-electron chi connectivity index (χ3n) is 5.76. The number of hydrogen-bond donors (Lipinski definition) is 0. The van der Waals surface area contributed by atoms with E-state index in [4.69, 9.17) is 0 Å². The summed E-state index contributed by atoms with van der Waals surface area (Å²) >= 11 is 2.08. The lowest BCUT2D eigenvalue weighted by atomic mass is 10.0. The van der Waals surface area contributed by atoms with Crippen LogP contribution in [0.3, 0.4) is 0 Å². The first-order valence-electron chi connectivity index (χ1n) is 10.1. The predicted molar refractivity (Wildman–Crippen MR) is 114 cm³/mol. The summed E-state index contributed by atoms with van der Waals surface area (Å²) in [5.74, 6) is 2.76. The zero-order valence-electron chi connectivity index (χ0n) is 15.8. The monoisotopic (exact) mass is 380 g/mol. The second-order valence-electron chi connectivity index (χ2n) is 7.47. The number of hydrogen-bond acceptors (Lipinski definition) is 3. The predicted octanol–water partition coefficient (Wildman–Crippen LogP) is 4.40. The van der Waals surface area contributed by atoms with E-state index >= 15 is 0 Å². The van der Waals surface area contributed by atoms with Gasteiger partial charge in [-0.15, -0.1) is 0 Å². The van der Waals surface area contributed by atoms with Gasteiger partial charge in [-0.1, -0.05) is 42.5 Å². The summed E-state index contributed by atoms with van der Waals surface area (Å²) in [6, 6.07) is 19.1. The molecule has 142 valence electrons. The molecule has 2 saturated heterocycles. The molecule has 0 unspecified atom stereocenters. The van der Waals surface area contributed by atoms with Gasteiger partial charge in [-0.3, -0.25) is 9.69 Å². The Morgan fingerprint density at radius 2 is 1.52 bits per heavy atom. The van der Waals surface area contributed by atoms with E-state index in [0.29, 0.717) is 0 Å². The van der Waals surface area contributed by atoms with Gasteiger partial charge in [-0.05, 0) is 54.0 Å². The number of carbonyl (C=O) groups excluding carboxylic acids is 1. The van der Waals surface area contributed by atoms with Crippen LogP contribution in [-0.4, -0.2) is 59.4 Å². The SMILES string of the molecule is O=C(c1ccc(-c2ccccc2)cc1)N1CCCN(C2CCSCC2)CC1. The Kier molecular flexibility index (Phi) is 6.15. The van der Waals surface area contributed by atoms with Gasteiger partial charge >= 0.3 is 0 Å². The van der Waals surface area contributed by atoms with Gasteiger partial charge in [-0.25, -0.2) is 0 Å². The minimum atomic E-state index is 0.177. The molecule has 1 amide bonds. The van der Waals surface area contributed by atoms with E-state index in [2.05, 4.69) is 45.8 Å². The standard InChI is InChI=1S/C23H28N2OS/c26-23(21-9-7-20(8-10-21)19-5-2-1-3-6-19)25-14-4-13-24(15-16-25)22-11-17-27-18-12-22/h1-3,5-10,22H,4,11-18H2. The number of amides is 1. The Morgan fingerprint density at radius 3 is 2.26 bits per heavy atom. The van der Waals surface area contributed by atoms with E-state index in [9.17, 15) is 4.79 Å². The summed E-state index contributed by atoms with van der Waals surface area (Å²) in [7, 11) is 0. The van der Waals surface area contributed by atoms with Crippen LogP contribution >= 0.6 is 11.8 Å². The maximum Gasteiger partial charge on any atom is 0.253 e. The molecular weight excluding hydrogens is 352 g/mol. The highest BCUT2D eigenvalue weighted by Crippen LogP contribution is 2.24. The molecule has 0 aromatic heterocycles.